The third kappa shape index (κ3) is 3.73. The predicted octanol–water partition coefficient (Wildman–Crippen LogP) is 4.77. The molecular weight excluding hydrogens is 378 g/mol. The van der Waals surface area contributed by atoms with Crippen LogP contribution in [0.25, 0.3) is 11.4 Å². The number of hydrogen-bond acceptors (Lipinski definition) is 5. The molecule has 2 heterocycles. The molecule has 1 unspecified atom stereocenters. The summed E-state index contributed by atoms with van der Waals surface area (Å²) < 4.78 is 10.7. The maximum atomic E-state index is 13.1. The molecule has 28 heavy (non-hydrogen) atoms. The molecule has 1 amide bonds. The van der Waals surface area contributed by atoms with E-state index in [9.17, 15) is 4.79 Å². The smallest absolute Gasteiger partial charge is 0.254 e. The van der Waals surface area contributed by atoms with Crippen molar-refractivity contribution in [3.63, 3.8) is 0 Å². The first-order valence-corrected chi connectivity index (χ1v) is 9.58. The minimum Gasteiger partial charge on any atom is -0.497 e. The van der Waals surface area contributed by atoms with Gasteiger partial charge in [-0.2, -0.15) is 4.98 Å². The second kappa shape index (κ2) is 8.02. The van der Waals surface area contributed by atoms with Crippen LogP contribution in [0.4, 0.5) is 0 Å². The molecule has 0 radical (unpaired) electrons. The number of nitrogens with zero attached hydrogens (tertiary/aromatic N) is 3. The van der Waals surface area contributed by atoms with Crippen LogP contribution in [0.15, 0.2) is 53.1 Å². The van der Waals surface area contributed by atoms with Crippen LogP contribution >= 0.6 is 11.6 Å². The van der Waals surface area contributed by atoms with E-state index in [4.69, 9.17) is 20.9 Å². The lowest BCUT2D eigenvalue weighted by molar-refractivity contribution is 0.0561. The summed E-state index contributed by atoms with van der Waals surface area (Å²) in [4.78, 5) is 19.5. The van der Waals surface area contributed by atoms with Crippen LogP contribution in [0.1, 0.15) is 41.6 Å². The van der Waals surface area contributed by atoms with E-state index in [2.05, 4.69) is 10.1 Å². The molecule has 0 saturated carbocycles. The Hall–Kier alpha value is -2.86. The Morgan fingerprint density at radius 3 is 2.79 bits per heavy atom. The van der Waals surface area contributed by atoms with Gasteiger partial charge >= 0.3 is 0 Å². The number of halogens is 1. The zero-order valence-electron chi connectivity index (χ0n) is 15.5. The van der Waals surface area contributed by atoms with Crippen molar-refractivity contribution in [1.82, 2.24) is 15.0 Å². The normalized spacial score (nSPS) is 16.8. The Balaban J connectivity index is 1.59. The van der Waals surface area contributed by atoms with Gasteiger partial charge in [-0.05, 0) is 55.7 Å². The molecule has 1 aliphatic rings. The first-order chi connectivity index (χ1) is 13.7. The van der Waals surface area contributed by atoms with Crippen LogP contribution in [0.2, 0.25) is 5.02 Å². The summed E-state index contributed by atoms with van der Waals surface area (Å²) in [5.41, 5.74) is 1.40. The van der Waals surface area contributed by atoms with Crippen LogP contribution in [0, 0.1) is 0 Å². The molecule has 0 spiro atoms. The average Bonchev–Trinajstić information content (AvgIpc) is 3.23. The van der Waals surface area contributed by atoms with Crippen molar-refractivity contribution in [3.05, 3.63) is 65.0 Å². The summed E-state index contributed by atoms with van der Waals surface area (Å²) in [5.74, 6) is 1.60. The topological polar surface area (TPSA) is 68.5 Å². The molecule has 4 rings (SSSR count). The number of ether oxygens (including phenoxy) is 1. The number of carbonyl (C=O) groups excluding carboxylic acids is 1. The number of rotatable bonds is 4. The van der Waals surface area contributed by atoms with E-state index < -0.39 is 0 Å². The molecular formula is C21H20ClN3O3. The highest BCUT2D eigenvalue weighted by atomic mass is 35.5. The first-order valence-electron chi connectivity index (χ1n) is 9.20. The predicted molar refractivity (Wildman–Crippen MR) is 105 cm³/mol. The third-order valence-electron chi connectivity index (χ3n) is 4.91. The zero-order valence-corrected chi connectivity index (χ0v) is 16.2. The van der Waals surface area contributed by atoms with Gasteiger partial charge in [0.05, 0.1) is 7.11 Å². The molecule has 1 atom stereocenters. The van der Waals surface area contributed by atoms with E-state index in [0.717, 1.165) is 30.6 Å². The highest BCUT2D eigenvalue weighted by molar-refractivity contribution is 6.30. The van der Waals surface area contributed by atoms with E-state index in [0.29, 0.717) is 28.8 Å². The number of carbonyl (C=O) groups is 1. The molecule has 0 bridgehead atoms. The van der Waals surface area contributed by atoms with Gasteiger partial charge in [0.2, 0.25) is 11.7 Å². The van der Waals surface area contributed by atoms with E-state index >= 15 is 0 Å². The second-order valence-corrected chi connectivity index (χ2v) is 7.14. The number of likely N-dealkylation sites (tertiary alicyclic amines) is 1. The first kappa shape index (κ1) is 18.5. The van der Waals surface area contributed by atoms with Crippen LogP contribution in [-0.2, 0) is 0 Å². The van der Waals surface area contributed by atoms with Crippen molar-refractivity contribution < 1.29 is 14.1 Å². The van der Waals surface area contributed by atoms with Crippen molar-refractivity contribution >= 4 is 17.5 Å². The minimum atomic E-state index is -0.233. The van der Waals surface area contributed by atoms with Crippen molar-refractivity contribution in [3.8, 4) is 17.1 Å². The van der Waals surface area contributed by atoms with E-state index in [-0.39, 0.29) is 11.9 Å². The maximum Gasteiger partial charge on any atom is 0.254 e. The molecule has 1 aliphatic heterocycles. The molecule has 7 heteroatoms. The molecule has 2 aromatic carbocycles. The van der Waals surface area contributed by atoms with E-state index in [1.165, 1.54) is 0 Å². The Morgan fingerprint density at radius 2 is 2.04 bits per heavy atom. The van der Waals surface area contributed by atoms with Crippen LogP contribution in [0.5, 0.6) is 5.75 Å². The number of aromatic nitrogens is 2. The second-order valence-electron chi connectivity index (χ2n) is 6.71. The molecule has 0 N–H and O–H groups in total. The fourth-order valence-electron chi connectivity index (χ4n) is 3.45. The fraction of sp³-hybridized carbons (Fsp3) is 0.286. The Morgan fingerprint density at radius 1 is 1.21 bits per heavy atom. The number of benzene rings is 2. The highest BCUT2D eigenvalue weighted by Crippen LogP contribution is 2.32. The molecule has 3 aromatic rings. The Kier molecular flexibility index (Phi) is 5.30. The largest absolute Gasteiger partial charge is 0.497 e. The van der Waals surface area contributed by atoms with Crippen LogP contribution in [-0.4, -0.2) is 34.6 Å². The van der Waals surface area contributed by atoms with Gasteiger partial charge in [0.15, 0.2) is 0 Å². The summed E-state index contributed by atoms with van der Waals surface area (Å²) in [5, 5.41) is 4.70. The van der Waals surface area contributed by atoms with Gasteiger partial charge in [-0.15, -0.1) is 0 Å². The van der Waals surface area contributed by atoms with Crippen molar-refractivity contribution in [2.45, 2.75) is 25.3 Å². The SMILES string of the molecule is COc1ccc(C(=O)N2CCCCC2c2nc(-c3cccc(Cl)c3)no2)cc1. The molecule has 144 valence electrons. The Bertz CT molecular complexity index is 971. The zero-order chi connectivity index (χ0) is 19.5. The third-order valence-corrected chi connectivity index (χ3v) is 5.15. The number of hydrogen-bond donors (Lipinski definition) is 0. The van der Waals surface area contributed by atoms with Gasteiger partial charge in [-0.1, -0.05) is 28.9 Å². The van der Waals surface area contributed by atoms with Gasteiger partial charge in [0.25, 0.3) is 5.91 Å². The van der Waals surface area contributed by atoms with Crippen molar-refractivity contribution in [2.75, 3.05) is 13.7 Å². The van der Waals surface area contributed by atoms with Crippen molar-refractivity contribution in [1.29, 1.82) is 0 Å². The van der Waals surface area contributed by atoms with Crippen molar-refractivity contribution in [2.24, 2.45) is 0 Å². The summed E-state index contributed by atoms with van der Waals surface area (Å²) >= 11 is 6.06. The van der Waals surface area contributed by atoms with Gasteiger partial charge in [0, 0.05) is 22.7 Å². The lowest BCUT2D eigenvalue weighted by Gasteiger charge is -2.33. The summed E-state index contributed by atoms with van der Waals surface area (Å²) in [6.45, 7) is 0.657. The monoisotopic (exact) mass is 397 g/mol. The fourth-order valence-corrected chi connectivity index (χ4v) is 3.64. The van der Waals surface area contributed by atoms with E-state index in [1.807, 2.05) is 17.0 Å². The standard InChI is InChI=1S/C21H20ClN3O3/c1-27-17-10-8-14(9-11-17)21(26)25-12-3-2-7-18(25)20-23-19(24-28-20)15-5-4-6-16(22)13-15/h4-6,8-11,13,18H,2-3,7,12H2,1H3. The Labute approximate surface area is 168 Å². The quantitative estimate of drug-likeness (QED) is 0.634. The molecule has 0 aliphatic carbocycles. The summed E-state index contributed by atoms with van der Waals surface area (Å²) in [7, 11) is 1.60. The minimum absolute atomic E-state index is 0.0464. The average molecular weight is 398 g/mol. The van der Waals surface area contributed by atoms with Crippen LogP contribution in [0.3, 0.4) is 0 Å². The van der Waals surface area contributed by atoms with Crippen LogP contribution < -0.4 is 4.74 Å². The lowest BCUT2D eigenvalue weighted by atomic mass is 10.0. The lowest BCUT2D eigenvalue weighted by Crippen LogP contribution is -2.38. The highest BCUT2D eigenvalue weighted by Gasteiger charge is 2.32. The maximum absolute atomic E-state index is 13.1. The van der Waals surface area contributed by atoms with Gasteiger partial charge in [-0.25, -0.2) is 0 Å². The summed E-state index contributed by atoms with van der Waals surface area (Å²) in [6, 6.07) is 14.2. The molecule has 6 nitrogen and oxygen atoms in total. The van der Waals surface area contributed by atoms with Gasteiger partial charge in [-0.3, -0.25) is 4.79 Å². The van der Waals surface area contributed by atoms with Gasteiger partial charge < -0.3 is 14.2 Å². The molecule has 1 saturated heterocycles. The molecule has 1 fully saturated rings. The van der Waals surface area contributed by atoms with Gasteiger partial charge in [0.1, 0.15) is 11.8 Å². The summed E-state index contributed by atoms with van der Waals surface area (Å²) in [6.07, 6.45) is 2.75. The number of amides is 1. The molecule has 1 aromatic heterocycles. The van der Waals surface area contributed by atoms with E-state index in [1.54, 1.807) is 43.5 Å². The number of piperidine rings is 1. The number of methoxy groups -OCH3 is 1.